The minimum absolute atomic E-state index is 0.0481. The van der Waals surface area contributed by atoms with Crippen LogP contribution in [0.2, 0.25) is 0 Å². The predicted molar refractivity (Wildman–Crippen MR) is 107 cm³/mol. The topological polar surface area (TPSA) is 42.4 Å². The van der Waals surface area contributed by atoms with Gasteiger partial charge in [-0.1, -0.05) is 48.5 Å². The molecule has 1 aromatic heterocycles. The first kappa shape index (κ1) is 17.7. The van der Waals surface area contributed by atoms with E-state index in [2.05, 4.69) is 47.4 Å². The Balaban J connectivity index is 1.38. The fourth-order valence-electron chi connectivity index (χ4n) is 3.74. The molecule has 0 bridgehead atoms. The lowest BCUT2D eigenvalue weighted by Crippen LogP contribution is -2.46. The van der Waals surface area contributed by atoms with E-state index in [4.69, 9.17) is 4.74 Å². The summed E-state index contributed by atoms with van der Waals surface area (Å²) in [5.74, 6) is 0.199. The van der Waals surface area contributed by atoms with Crippen LogP contribution < -0.4 is 0 Å². The van der Waals surface area contributed by atoms with Crippen LogP contribution in [0, 0.1) is 0 Å². The van der Waals surface area contributed by atoms with Crippen LogP contribution in [0.15, 0.2) is 67.0 Å². The average Bonchev–Trinajstić information content (AvgIpc) is 2.73. The van der Waals surface area contributed by atoms with E-state index < -0.39 is 0 Å². The summed E-state index contributed by atoms with van der Waals surface area (Å²) in [5.41, 5.74) is 2.38. The third-order valence-electron chi connectivity index (χ3n) is 5.17. The number of ether oxygens (including phenoxy) is 1. The quantitative estimate of drug-likeness (QED) is 0.698. The number of aryl methyl sites for hydroxylation is 1. The van der Waals surface area contributed by atoms with Gasteiger partial charge in [-0.3, -0.25) is 9.78 Å². The van der Waals surface area contributed by atoms with Crippen molar-refractivity contribution in [3.05, 3.63) is 78.1 Å². The molecule has 1 aliphatic heterocycles. The van der Waals surface area contributed by atoms with Crippen LogP contribution in [0.4, 0.5) is 0 Å². The molecular formula is C23H24N2O2. The number of hydrogen-bond donors (Lipinski definition) is 0. The zero-order chi connectivity index (χ0) is 18.5. The largest absolute Gasteiger partial charge is 0.374 e. The predicted octanol–water partition coefficient (Wildman–Crippen LogP) is 3.64. The SMILES string of the molecule is O=C(CCc1cccnc1)N1CCO[C@H](Cc2cccc3ccccc23)C1. The third kappa shape index (κ3) is 4.34. The van der Waals surface area contributed by atoms with Gasteiger partial charge in [-0.05, 0) is 34.4 Å². The minimum Gasteiger partial charge on any atom is -0.374 e. The molecule has 2 heterocycles. The first-order chi connectivity index (χ1) is 13.3. The molecule has 2 aromatic carbocycles. The highest BCUT2D eigenvalue weighted by Gasteiger charge is 2.24. The van der Waals surface area contributed by atoms with Crippen LogP contribution in [-0.2, 0) is 22.4 Å². The van der Waals surface area contributed by atoms with E-state index in [1.165, 1.54) is 16.3 Å². The number of carbonyl (C=O) groups excluding carboxylic acids is 1. The summed E-state index contributed by atoms with van der Waals surface area (Å²) in [7, 11) is 0. The smallest absolute Gasteiger partial charge is 0.223 e. The Kier molecular flexibility index (Phi) is 5.45. The van der Waals surface area contributed by atoms with Crippen LogP contribution in [0.5, 0.6) is 0 Å². The maximum atomic E-state index is 12.6. The molecule has 1 amide bonds. The van der Waals surface area contributed by atoms with Crippen molar-refractivity contribution in [2.45, 2.75) is 25.4 Å². The molecule has 0 unspecified atom stereocenters. The van der Waals surface area contributed by atoms with E-state index in [0.717, 1.165) is 18.4 Å². The van der Waals surface area contributed by atoms with Gasteiger partial charge in [0.25, 0.3) is 0 Å². The highest BCUT2D eigenvalue weighted by Crippen LogP contribution is 2.22. The van der Waals surface area contributed by atoms with Crippen molar-refractivity contribution in [1.82, 2.24) is 9.88 Å². The van der Waals surface area contributed by atoms with Crippen molar-refractivity contribution in [3.63, 3.8) is 0 Å². The van der Waals surface area contributed by atoms with Gasteiger partial charge in [-0.2, -0.15) is 0 Å². The number of fused-ring (bicyclic) bond motifs is 1. The molecule has 138 valence electrons. The molecule has 1 aliphatic rings. The van der Waals surface area contributed by atoms with Crippen LogP contribution in [0.25, 0.3) is 10.8 Å². The second kappa shape index (κ2) is 8.31. The molecule has 4 rings (SSSR count). The fraction of sp³-hybridized carbons (Fsp3) is 0.304. The number of morpholine rings is 1. The van der Waals surface area contributed by atoms with E-state index >= 15 is 0 Å². The summed E-state index contributed by atoms with van der Waals surface area (Å²) in [6.45, 7) is 1.95. The minimum atomic E-state index is 0.0481. The molecule has 0 spiro atoms. The van der Waals surface area contributed by atoms with E-state index in [-0.39, 0.29) is 12.0 Å². The molecule has 27 heavy (non-hydrogen) atoms. The molecule has 0 aliphatic carbocycles. The molecule has 1 saturated heterocycles. The molecule has 4 heteroatoms. The van der Waals surface area contributed by atoms with Crippen molar-refractivity contribution in [1.29, 1.82) is 0 Å². The number of nitrogens with zero attached hydrogens (tertiary/aromatic N) is 2. The maximum Gasteiger partial charge on any atom is 0.223 e. The molecule has 3 aromatic rings. The Morgan fingerprint density at radius 3 is 2.89 bits per heavy atom. The number of benzene rings is 2. The van der Waals surface area contributed by atoms with Gasteiger partial charge in [0.1, 0.15) is 0 Å². The van der Waals surface area contributed by atoms with Gasteiger partial charge in [0.05, 0.1) is 12.7 Å². The van der Waals surface area contributed by atoms with Crippen molar-refractivity contribution in [3.8, 4) is 0 Å². The Labute approximate surface area is 159 Å². The number of hydrogen-bond acceptors (Lipinski definition) is 3. The second-order valence-electron chi connectivity index (χ2n) is 7.04. The maximum absolute atomic E-state index is 12.6. The van der Waals surface area contributed by atoms with E-state index in [0.29, 0.717) is 26.1 Å². The monoisotopic (exact) mass is 360 g/mol. The average molecular weight is 360 g/mol. The number of carbonyl (C=O) groups is 1. The summed E-state index contributed by atoms with van der Waals surface area (Å²) in [6.07, 6.45) is 5.71. The summed E-state index contributed by atoms with van der Waals surface area (Å²) in [6, 6.07) is 18.7. The molecule has 0 N–H and O–H groups in total. The summed E-state index contributed by atoms with van der Waals surface area (Å²) in [5, 5.41) is 2.51. The lowest BCUT2D eigenvalue weighted by Gasteiger charge is -2.33. The van der Waals surface area contributed by atoms with Gasteiger partial charge in [0.15, 0.2) is 0 Å². The zero-order valence-corrected chi connectivity index (χ0v) is 15.4. The van der Waals surface area contributed by atoms with Gasteiger partial charge in [-0.25, -0.2) is 0 Å². The summed E-state index contributed by atoms with van der Waals surface area (Å²) < 4.78 is 5.97. The first-order valence-corrected chi connectivity index (χ1v) is 9.54. The molecule has 4 nitrogen and oxygen atoms in total. The molecular weight excluding hydrogens is 336 g/mol. The van der Waals surface area contributed by atoms with Gasteiger partial charge >= 0.3 is 0 Å². The highest BCUT2D eigenvalue weighted by atomic mass is 16.5. The van der Waals surface area contributed by atoms with Gasteiger partial charge in [0, 0.05) is 38.3 Å². The Bertz CT molecular complexity index is 905. The van der Waals surface area contributed by atoms with Crippen molar-refractivity contribution in [2.75, 3.05) is 19.7 Å². The standard InChI is InChI=1S/C23H24N2O2/c26-23(11-10-18-5-4-12-24-16-18)25-13-14-27-21(17-25)15-20-8-3-7-19-6-1-2-9-22(19)20/h1-9,12,16,21H,10-11,13-15,17H2/t21-/m1/s1. The number of rotatable bonds is 5. The summed E-state index contributed by atoms with van der Waals surface area (Å²) >= 11 is 0. The normalized spacial score (nSPS) is 17.2. The molecule has 0 radical (unpaired) electrons. The zero-order valence-electron chi connectivity index (χ0n) is 15.4. The Hall–Kier alpha value is -2.72. The van der Waals surface area contributed by atoms with Crippen LogP contribution >= 0.6 is 0 Å². The van der Waals surface area contributed by atoms with Crippen molar-refractivity contribution >= 4 is 16.7 Å². The van der Waals surface area contributed by atoms with E-state index in [1.54, 1.807) is 6.20 Å². The lowest BCUT2D eigenvalue weighted by molar-refractivity contribution is -0.138. The first-order valence-electron chi connectivity index (χ1n) is 9.54. The second-order valence-corrected chi connectivity index (χ2v) is 7.04. The van der Waals surface area contributed by atoms with E-state index in [9.17, 15) is 4.79 Å². The Morgan fingerprint density at radius 2 is 2.00 bits per heavy atom. The van der Waals surface area contributed by atoms with Crippen LogP contribution in [0.3, 0.4) is 0 Å². The lowest BCUT2D eigenvalue weighted by atomic mass is 9.99. The van der Waals surface area contributed by atoms with Crippen LogP contribution in [-0.4, -0.2) is 41.6 Å². The summed E-state index contributed by atoms with van der Waals surface area (Å²) in [4.78, 5) is 18.7. The number of amides is 1. The van der Waals surface area contributed by atoms with Crippen molar-refractivity contribution in [2.24, 2.45) is 0 Å². The van der Waals surface area contributed by atoms with Crippen LogP contribution in [0.1, 0.15) is 17.5 Å². The van der Waals surface area contributed by atoms with Crippen molar-refractivity contribution < 1.29 is 9.53 Å². The number of pyridine rings is 1. The highest BCUT2D eigenvalue weighted by molar-refractivity contribution is 5.85. The molecule has 1 fully saturated rings. The Morgan fingerprint density at radius 1 is 1.11 bits per heavy atom. The van der Waals surface area contributed by atoms with E-state index in [1.807, 2.05) is 23.2 Å². The number of aromatic nitrogens is 1. The van der Waals surface area contributed by atoms with Gasteiger partial charge in [-0.15, -0.1) is 0 Å². The molecule has 0 saturated carbocycles. The van der Waals surface area contributed by atoms with Gasteiger partial charge < -0.3 is 9.64 Å². The fourth-order valence-corrected chi connectivity index (χ4v) is 3.74. The van der Waals surface area contributed by atoms with Gasteiger partial charge in [0.2, 0.25) is 5.91 Å². The molecule has 1 atom stereocenters. The third-order valence-corrected chi connectivity index (χ3v) is 5.17.